The van der Waals surface area contributed by atoms with Crippen molar-refractivity contribution in [2.75, 3.05) is 11.4 Å². The van der Waals surface area contributed by atoms with Crippen LogP contribution < -0.4 is 4.90 Å². The highest BCUT2D eigenvalue weighted by Crippen LogP contribution is 2.29. The highest BCUT2D eigenvalue weighted by molar-refractivity contribution is 14.1. The number of carbonyl (C=O) groups is 3. The van der Waals surface area contributed by atoms with E-state index in [1.165, 1.54) is 6.92 Å². The van der Waals surface area contributed by atoms with Crippen LogP contribution in [0.2, 0.25) is 0 Å². The van der Waals surface area contributed by atoms with Crippen LogP contribution in [0.15, 0.2) is 42.5 Å². The van der Waals surface area contributed by atoms with Gasteiger partial charge in [-0.2, -0.15) is 0 Å². The van der Waals surface area contributed by atoms with Crippen LogP contribution in [-0.4, -0.2) is 30.3 Å². The lowest BCUT2D eigenvalue weighted by molar-refractivity contribution is -0.116. The van der Waals surface area contributed by atoms with Crippen LogP contribution in [-0.2, 0) is 16.0 Å². The number of hydrogen-bond acceptors (Lipinski definition) is 4. The fraction of sp³-hybridized carbons (Fsp3) is 0.250. The van der Waals surface area contributed by atoms with Crippen LogP contribution in [0.4, 0.5) is 5.69 Å². The van der Waals surface area contributed by atoms with Gasteiger partial charge in [0.1, 0.15) is 0 Å². The molecule has 1 aliphatic rings. The SMILES string of the molecule is CC(=O)N1CCc2cc(C(=O)C(C)OC(=O)c3ccccc3I)ccc21. The average Bonchev–Trinajstić information content (AvgIpc) is 3.04. The Morgan fingerprint density at radius 2 is 1.88 bits per heavy atom. The third kappa shape index (κ3) is 3.65. The van der Waals surface area contributed by atoms with Gasteiger partial charge in [0.05, 0.1) is 5.56 Å². The van der Waals surface area contributed by atoms with E-state index < -0.39 is 12.1 Å². The van der Waals surface area contributed by atoms with Gasteiger partial charge in [-0.25, -0.2) is 4.79 Å². The molecule has 0 saturated carbocycles. The van der Waals surface area contributed by atoms with Gasteiger partial charge in [0.15, 0.2) is 6.10 Å². The number of fused-ring (bicyclic) bond motifs is 1. The molecule has 0 fully saturated rings. The monoisotopic (exact) mass is 463 g/mol. The molecule has 0 aromatic heterocycles. The van der Waals surface area contributed by atoms with Crippen LogP contribution in [0.25, 0.3) is 0 Å². The maximum absolute atomic E-state index is 12.7. The van der Waals surface area contributed by atoms with Crippen LogP contribution in [0.1, 0.15) is 40.1 Å². The fourth-order valence-electron chi connectivity index (χ4n) is 3.02. The van der Waals surface area contributed by atoms with Crippen molar-refractivity contribution in [2.24, 2.45) is 0 Å². The minimum Gasteiger partial charge on any atom is -0.451 e. The summed E-state index contributed by atoms with van der Waals surface area (Å²) in [4.78, 5) is 38.3. The second-order valence-corrected chi connectivity index (χ2v) is 7.32. The van der Waals surface area contributed by atoms with Crippen molar-refractivity contribution in [3.63, 3.8) is 0 Å². The number of benzene rings is 2. The standard InChI is InChI=1S/C20H18INO4/c1-12(26-20(25)16-5-3-4-6-17(16)21)19(24)15-7-8-18-14(11-15)9-10-22(18)13(2)23/h3-8,11-12H,9-10H2,1-2H3. The number of Topliss-reactive ketones (excluding diaryl/α,β-unsaturated/α-hetero) is 1. The van der Waals surface area contributed by atoms with Crippen molar-refractivity contribution in [1.29, 1.82) is 0 Å². The normalized spacial score (nSPS) is 13.9. The molecule has 26 heavy (non-hydrogen) atoms. The summed E-state index contributed by atoms with van der Waals surface area (Å²) in [6.07, 6.45) is -0.172. The lowest BCUT2D eigenvalue weighted by Gasteiger charge is -2.16. The van der Waals surface area contributed by atoms with Gasteiger partial charge in [-0.1, -0.05) is 12.1 Å². The summed E-state index contributed by atoms with van der Waals surface area (Å²) in [5.41, 5.74) is 2.73. The van der Waals surface area contributed by atoms with Crippen molar-refractivity contribution >= 4 is 45.9 Å². The molecule has 2 aromatic rings. The number of hydrogen-bond donors (Lipinski definition) is 0. The van der Waals surface area contributed by atoms with E-state index >= 15 is 0 Å². The first-order valence-electron chi connectivity index (χ1n) is 8.29. The summed E-state index contributed by atoms with van der Waals surface area (Å²) in [6.45, 7) is 3.73. The number of rotatable bonds is 4. The Balaban J connectivity index is 1.74. The Kier molecular flexibility index (Phi) is 5.41. The van der Waals surface area contributed by atoms with Gasteiger partial charge in [0, 0.05) is 28.3 Å². The summed E-state index contributed by atoms with van der Waals surface area (Å²) in [7, 11) is 0. The molecular formula is C20H18INO4. The zero-order chi connectivity index (χ0) is 18.8. The second kappa shape index (κ2) is 7.57. The third-order valence-electron chi connectivity index (χ3n) is 4.39. The van der Waals surface area contributed by atoms with E-state index in [2.05, 4.69) is 22.6 Å². The zero-order valence-corrected chi connectivity index (χ0v) is 16.6. The Hall–Kier alpha value is -2.22. The molecule has 6 heteroatoms. The molecule has 0 spiro atoms. The summed E-state index contributed by atoms with van der Waals surface area (Å²) in [6, 6.07) is 12.3. The number of esters is 1. The largest absolute Gasteiger partial charge is 0.451 e. The first-order chi connectivity index (χ1) is 12.4. The van der Waals surface area contributed by atoms with Crippen LogP contribution >= 0.6 is 22.6 Å². The van der Waals surface area contributed by atoms with Gasteiger partial charge in [-0.15, -0.1) is 0 Å². The number of halogens is 1. The van der Waals surface area contributed by atoms with E-state index in [1.807, 2.05) is 12.1 Å². The predicted molar refractivity (Wildman–Crippen MR) is 107 cm³/mol. The van der Waals surface area contributed by atoms with E-state index in [0.29, 0.717) is 24.1 Å². The molecule has 1 amide bonds. The highest BCUT2D eigenvalue weighted by Gasteiger charge is 2.26. The van der Waals surface area contributed by atoms with E-state index in [9.17, 15) is 14.4 Å². The quantitative estimate of drug-likeness (QED) is 0.395. The fourth-order valence-corrected chi connectivity index (χ4v) is 3.63. The Bertz CT molecular complexity index is 893. The molecule has 0 saturated heterocycles. The lowest BCUT2D eigenvalue weighted by atomic mass is 10.0. The molecule has 2 aromatic carbocycles. The van der Waals surface area contributed by atoms with Gasteiger partial charge in [0.25, 0.3) is 0 Å². The minimum absolute atomic E-state index is 0.0115. The number of ether oxygens (including phenoxy) is 1. The van der Waals surface area contributed by atoms with Crippen LogP contribution in [0, 0.1) is 3.57 Å². The van der Waals surface area contributed by atoms with Crippen molar-refractivity contribution in [3.05, 3.63) is 62.7 Å². The summed E-state index contributed by atoms with van der Waals surface area (Å²) in [5, 5.41) is 0. The van der Waals surface area contributed by atoms with Crippen molar-refractivity contribution in [3.8, 4) is 0 Å². The van der Waals surface area contributed by atoms with Crippen molar-refractivity contribution < 1.29 is 19.1 Å². The third-order valence-corrected chi connectivity index (χ3v) is 5.33. The molecule has 1 aliphatic heterocycles. The summed E-state index contributed by atoms with van der Waals surface area (Å²) < 4.78 is 6.13. The molecule has 1 unspecified atom stereocenters. The average molecular weight is 463 g/mol. The van der Waals surface area contributed by atoms with Gasteiger partial charge in [-0.3, -0.25) is 9.59 Å². The van der Waals surface area contributed by atoms with Gasteiger partial charge in [-0.05, 0) is 71.8 Å². The Morgan fingerprint density at radius 1 is 1.15 bits per heavy atom. The number of anilines is 1. The van der Waals surface area contributed by atoms with Crippen molar-refractivity contribution in [1.82, 2.24) is 0 Å². The topological polar surface area (TPSA) is 63.7 Å². The summed E-state index contributed by atoms with van der Waals surface area (Å²) in [5.74, 6) is -0.782. The van der Waals surface area contributed by atoms with Crippen molar-refractivity contribution in [2.45, 2.75) is 26.4 Å². The maximum Gasteiger partial charge on any atom is 0.339 e. The predicted octanol–water partition coefficient (Wildman–Crippen LogP) is 3.63. The molecule has 0 N–H and O–H groups in total. The highest BCUT2D eigenvalue weighted by atomic mass is 127. The molecule has 1 atom stereocenters. The van der Waals surface area contributed by atoms with Gasteiger partial charge in [0.2, 0.25) is 11.7 Å². The molecule has 3 rings (SSSR count). The molecule has 134 valence electrons. The molecule has 0 aliphatic carbocycles. The Morgan fingerprint density at radius 3 is 2.58 bits per heavy atom. The molecule has 0 bridgehead atoms. The number of carbonyl (C=O) groups excluding carboxylic acids is 3. The zero-order valence-electron chi connectivity index (χ0n) is 14.5. The number of nitrogens with zero attached hydrogens (tertiary/aromatic N) is 1. The first kappa shape index (κ1) is 18.6. The van der Waals surface area contributed by atoms with Gasteiger partial charge < -0.3 is 9.64 Å². The van der Waals surface area contributed by atoms with E-state index in [-0.39, 0.29) is 11.7 Å². The molecule has 5 nitrogen and oxygen atoms in total. The van der Waals surface area contributed by atoms with Gasteiger partial charge >= 0.3 is 5.97 Å². The minimum atomic E-state index is -0.887. The second-order valence-electron chi connectivity index (χ2n) is 6.16. The number of amides is 1. The van der Waals surface area contributed by atoms with E-state index in [1.54, 1.807) is 42.2 Å². The van der Waals surface area contributed by atoms with E-state index in [4.69, 9.17) is 4.74 Å². The summed E-state index contributed by atoms with van der Waals surface area (Å²) >= 11 is 2.06. The van der Waals surface area contributed by atoms with Crippen LogP contribution in [0.3, 0.4) is 0 Å². The van der Waals surface area contributed by atoms with Crippen LogP contribution in [0.5, 0.6) is 0 Å². The maximum atomic E-state index is 12.7. The Labute approximate surface area is 165 Å². The lowest BCUT2D eigenvalue weighted by Crippen LogP contribution is -2.26. The molecule has 1 heterocycles. The smallest absolute Gasteiger partial charge is 0.339 e. The molecule has 0 radical (unpaired) electrons. The first-order valence-corrected chi connectivity index (χ1v) is 9.37. The number of ketones is 1. The van der Waals surface area contributed by atoms with E-state index in [0.717, 1.165) is 14.8 Å². The molecular weight excluding hydrogens is 445 g/mol.